The molecule has 32 heavy (non-hydrogen) atoms. The second-order valence-corrected chi connectivity index (χ2v) is 8.97. The minimum Gasteiger partial charge on any atom is -0.490 e. The number of sulfonamides is 1. The summed E-state index contributed by atoms with van der Waals surface area (Å²) in [5.74, 6) is 0.936. The second-order valence-electron chi connectivity index (χ2n) is 7.29. The van der Waals surface area contributed by atoms with E-state index in [-0.39, 0.29) is 4.90 Å². The van der Waals surface area contributed by atoms with Crippen LogP contribution in [0.3, 0.4) is 0 Å². The van der Waals surface area contributed by atoms with E-state index in [1.165, 1.54) is 12.1 Å². The molecule has 0 spiro atoms. The molecular formula is C23H23N3O5S. The molecule has 0 saturated heterocycles. The molecular weight excluding hydrogens is 430 g/mol. The number of benzene rings is 3. The van der Waals surface area contributed by atoms with Gasteiger partial charge in [0.2, 0.25) is 0 Å². The lowest BCUT2D eigenvalue weighted by atomic mass is 10.2. The molecule has 3 aromatic carbocycles. The first-order chi connectivity index (χ1) is 15.4. The van der Waals surface area contributed by atoms with Crippen LogP contribution in [-0.2, 0) is 10.0 Å². The molecule has 1 heterocycles. The summed E-state index contributed by atoms with van der Waals surface area (Å²) in [5.41, 5.74) is 2.60. The maximum absolute atomic E-state index is 12.8. The smallest absolute Gasteiger partial charge is 0.323 e. The predicted molar refractivity (Wildman–Crippen MR) is 123 cm³/mol. The molecule has 0 saturated carbocycles. The molecule has 0 aromatic heterocycles. The van der Waals surface area contributed by atoms with Crippen LogP contribution in [0.5, 0.6) is 11.5 Å². The first kappa shape index (κ1) is 21.5. The number of anilines is 3. The van der Waals surface area contributed by atoms with Crippen molar-refractivity contribution in [1.29, 1.82) is 0 Å². The van der Waals surface area contributed by atoms with Gasteiger partial charge in [-0.1, -0.05) is 12.1 Å². The van der Waals surface area contributed by atoms with Crippen molar-refractivity contribution in [3.05, 3.63) is 72.3 Å². The third kappa shape index (κ3) is 5.30. The van der Waals surface area contributed by atoms with Crippen molar-refractivity contribution in [3.63, 3.8) is 0 Å². The zero-order valence-corrected chi connectivity index (χ0v) is 18.2. The van der Waals surface area contributed by atoms with Crippen LogP contribution < -0.4 is 24.8 Å². The van der Waals surface area contributed by atoms with Crippen molar-refractivity contribution in [1.82, 2.24) is 0 Å². The highest BCUT2D eigenvalue weighted by atomic mass is 32.2. The standard InChI is InChI=1S/C23H23N3O5S/c1-16-4-2-5-19(14-16)25-23(27)24-17-6-8-18(9-7-17)26-32(28,29)20-10-11-21-22(15-20)31-13-3-12-30-21/h2,4-11,14-15,26H,3,12-13H2,1H3,(H2,24,25,27). The van der Waals surface area contributed by atoms with Crippen molar-refractivity contribution in [2.75, 3.05) is 28.6 Å². The lowest BCUT2D eigenvalue weighted by molar-refractivity contribution is 0.262. The maximum atomic E-state index is 12.8. The van der Waals surface area contributed by atoms with E-state index < -0.39 is 16.1 Å². The third-order valence-corrected chi connectivity index (χ3v) is 6.08. The number of urea groups is 1. The van der Waals surface area contributed by atoms with Crippen LogP contribution in [0.1, 0.15) is 12.0 Å². The summed E-state index contributed by atoms with van der Waals surface area (Å²) in [6.45, 7) is 2.94. The Balaban J connectivity index is 1.40. The SMILES string of the molecule is Cc1cccc(NC(=O)Nc2ccc(NS(=O)(=O)c3ccc4c(c3)OCCCO4)cc2)c1. The van der Waals surface area contributed by atoms with Crippen molar-refractivity contribution in [3.8, 4) is 11.5 Å². The van der Waals surface area contributed by atoms with Crippen molar-refractivity contribution in [2.24, 2.45) is 0 Å². The van der Waals surface area contributed by atoms with E-state index in [2.05, 4.69) is 15.4 Å². The molecule has 0 radical (unpaired) electrons. The monoisotopic (exact) mass is 453 g/mol. The molecule has 166 valence electrons. The van der Waals surface area contributed by atoms with Gasteiger partial charge in [0.15, 0.2) is 11.5 Å². The predicted octanol–water partition coefficient (Wildman–Crippen LogP) is 4.60. The Morgan fingerprint density at radius 2 is 1.50 bits per heavy atom. The number of rotatable bonds is 5. The molecule has 0 atom stereocenters. The zero-order valence-electron chi connectivity index (χ0n) is 17.4. The maximum Gasteiger partial charge on any atom is 0.323 e. The van der Waals surface area contributed by atoms with Gasteiger partial charge >= 0.3 is 6.03 Å². The fraction of sp³-hybridized carbons (Fsp3) is 0.174. The summed E-state index contributed by atoms with van der Waals surface area (Å²) < 4.78 is 39.2. The topological polar surface area (TPSA) is 106 Å². The summed E-state index contributed by atoms with van der Waals surface area (Å²) in [4.78, 5) is 12.2. The van der Waals surface area contributed by atoms with Gasteiger partial charge in [-0.15, -0.1) is 0 Å². The Morgan fingerprint density at radius 3 is 2.25 bits per heavy atom. The molecule has 4 rings (SSSR count). The highest BCUT2D eigenvalue weighted by molar-refractivity contribution is 7.92. The van der Waals surface area contributed by atoms with Crippen molar-refractivity contribution >= 4 is 33.1 Å². The molecule has 3 aromatic rings. The van der Waals surface area contributed by atoms with Crippen molar-refractivity contribution < 1.29 is 22.7 Å². The van der Waals surface area contributed by atoms with Crippen LogP contribution in [0.25, 0.3) is 0 Å². The lowest BCUT2D eigenvalue weighted by Crippen LogP contribution is -2.19. The van der Waals surface area contributed by atoms with Gasteiger partial charge in [0.1, 0.15) is 0 Å². The van der Waals surface area contributed by atoms with Crippen LogP contribution in [0.15, 0.2) is 71.6 Å². The Hall–Kier alpha value is -3.72. The number of carbonyl (C=O) groups excluding carboxylic acids is 1. The Bertz CT molecular complexity index is 1230. The molecule has 1 aliphatic rings. The molecule has 3 N–H and O–H groups in total. The molecule has 0 fully saturated rings. The summed E-state index contributed by atoms with van der Waals surface area (Å²) in [6.07, 6.45) is 0.735. The van der Waals surface area contributed by atoms with Crippen LogP contribution in [-0.4, -0.2) is 27.7 Å². The molecule has 0 bridgehead atoms. The Morgan fingerprint density at radius 1 is 0.812 bits per heavy atom. The Kier molecular flexibility index (Phi) is 6.18. The van der Waals surface area contributed by atoms with E-state index >= 15 is 0 Å². The highest BCUT2D eigenvalue weighted by Gasteiger charge is 2.19. The zero-order chi connectivity index (χ0) is 22.6. The minimum atomic E-state index is -3.82. The van der Waals surface area contributed by atoms with Gasteiger partial charge in [-0.2, -0.15) is 0 Å². The summed E-state index contributed by atoms with van der Waals surface area (Å²) >= 11 is 0. The minimum absolute atomic E-state index is 0.0708. The van der Waals surface area contributed by atoms with Crippen molar-refractivity contribution in [2.45, 2.75) is 18.2 Å². The summed E-state index contributed by atoms with van der Waals surface area (Å²) in [6, 6.07) is 17.9. The number of aryl methyl sites for hydroxylation is 1. The molecule has 9 heteroatoms. The van der Waals surface area contributed by atoms with Gasteiger partial charge in [0, 0.05) is 29.5 Å². The first-order valence-corrected chi connectivity index (χ1v) is 11.5. The van der Waals surface area contributed by atoms with Gasteiger partial charge in [-0.05, 0) is 61.0 Å². The van der Waals surface area contributed by atoms with Crippen LogP contribution in [0.2, 0.25) is 0 Å². The number of nitrogens with one attached hydrogen (secondary N) is 3. The molecule has 8 nitrogen and oxygen atoms in total. The largest absolute Gasteiger partial charge is 0.490 e. The van der Waals surface area contributed by atoms with Gasteiger partial charge in [0.25, 0.3) is 10.0 Å². The Labute approximate surface area is 186 Å². The molecule has 0 unspecified atom stereocenters. The van der Waals surface area contributed by atoms with E-state index in [0.717, 1.165) is 12.0 Å². The third-order valence-electron chi connectivity index (χ3n) is 4.70. The van der Waals surface area contributed by atoms with E-state index in [1.54, 1.807) is 36.4 Å². The van der Waals surface area contributed by atoms with Gasteiger partial charge in [0.05, 0.1) is 18.1 Å². The van der Waals surface area contributed by atoms with E-state index in [1.807, 2.05) is 25.1 Å². The molecule has 2 amide bonds. The molecule has 1 aliphatic heterocycles. The van der Waals surface area contributed by atoms with Crippen LogP contribution in [0, 0.1) is 6.92 Å². The number of fused-ring (bicyclic) bond motifs is 1. The number of ether oxygens (including phenoxy) is 2. The quantitative estimate of drug-likeness (QED) is 0.524. The summed E-state index contributed by atoms with van der Waals surface area (Å²) in [5, 5.41) is 5.47. The number of hydrogen-bond donors (Lipinski definition) is 3. The van der Waals surface area contributed by atoms with Gasteiger partial charge in [-0.3, -0.25) is 4.72 Å². The van der Waals surface area contributed by atoms with E-state index in [9.17, 15) is 13.2 Å². The van der Waals surface area contributed by atoms with E-state index in [0.29, 0.717) is 41.8 Å². The number of carbonyl (C=O) groups is 1. The highest BCUT2D eigenvalue weighted by Crippen LogP contribution is 2.32. The van der Waals surface area contributed by atoms with Crippen LogP contribution >= 0.6 is 0 Å². The number of amides is 2. The fourth-order valence-electron chi connectivity index (χ4n) is 3.16. The van der Waals surface area contributed by atoms with Crippen LogP contribution in [0.4, 0.5) is 21.9 Å². The van der Waals surface area contributed by atoms with Gasteiger partial charge in [-0.25, -0.2) is 13.2 Å². The lowest BCUT2D eigenvalue weighted by Gasteiger charge is -2.12. The van der Waals surface area contributed by atoms with E-state index in [4.69, 9.17) is 9.47 Å². The summed E-state index contributed by atoms with van der Waals surface area (Å²) in [7, 11) is -3.82. The second kappa shape index (κ2) is 9.19. The average Bonchev–Trinajstić information content (AvgIpc) is 3.00. The fourth-order valence-corrected chi connectivity index (χ4v) is 4.24. The molecule has 0 aliphatic carbocycles. The van der Waals surface area contributed by atoms with Gasteiger partial charge < -0.3 is 20.1 Å². The first-order valence-electron chi connectivity index (χ1n) is 10.1. The average molecular weight is 454 g/mol. The normalized spacial score (nSPS) is 13.0. The number of hydrogen-bond acceptors (Lipinski definition) is 5.